The molecule has 1 heterocycles. The van der Waals surface area contributed by atoms with E-state index in [1.165, 1.54) is 0 Å². The fourth-order valence-electron chi connectivity index (χ4n) is 1.78. The first kappa shape index (κ1) is 11.4. The van der Waals surface area contributed by atoms with E-state index in [1.54, 1.807) is 13.8 Å². The Hall–Kier alpha value is -2.04. The third-order valence-corrected chi connectivity index (χ3v) is 2.71. The number of aromatic nitrogens is 1. The molecule has 0 saturated carbocycles. The number of carbonyl (C=O) groups is 1. The molecule has 2 rings (SSSR count). The first-order valence-corrected chi connectivity index (χ1v) is 4.91. The van der Waals surface area contributed by atoms with Gasteiger partial charge in [0.25, 0.3) is 0 Å². The number of benzene rings is 1. The number of carboxylic acids is 1. The van der Waals surface area contributed by atoms with Crippen LogP contribution in [0.4, 0.5) is 8.78 Å². The minimum Gasteiger partial charge on any atom is -0.478 e. The van der Waals surface area contributed by atoms with Gasteiger partial charge in [-0.05, 0) is 25.5 Å². The summed E-state index contributed by atoms with van der Waals surface area (Å²) in [6.07, 6.45) is 0. The summed E-state index contributed by atoms with van der Waals surface area (Å²) in [6.45, 7) is 3.15. The topological polar surface area (TPSA) is 50.2 Å². The Bertz CT molecular complexity index is 638. The number of hydrogen-bond donors (Lipinski definition) is 1. The molecular formula is C12H9F2NO2. The van der Waals surface area contributed by atoms with Crippen molar-refractivity contribution in [3.8, 4) is 0 Å². The molecule has 0 aliphatic heterocycles. The quantitative estimate of drug-likeness (QED) is 0.829. The van der Waals surface area contributed by atoms with Crippen LogP contribution in [0.5, 0.6) is 0 Å². The molecule has 5 heteroatoms. The molecule has 17 heavy (non-hydrogen) atoms. The first-order chi connectivity index (χ1) is 7.91. The highest BCUT2D eigenvalue weighted by atomic mass is 19.1. The molecule has 0 bridgehead atoms. The number of nitrogens with zero attached hydrogens (tertiary/aromatic N) is 1. The number of carboxylic acid groups (broad SMARTS) is 1. The van der Waals surface area contributed by atoms with Crippen LogP contribution < -0.4 is 0 Å². The standard InChI is InChI=1S/C12H9F2NO2/c1-5-6(2)15-11-8(10(5)12(16)17)3-7(13)4-9(11)14/h3-4H,1-2H3,(H,16,17). The minimum absolute atomic E-state index is 0.0156. The average Bonchev–Trinajstić information content (AvgIpc) is 2.20. The van der Waals surface area contributed by atoms with Gasteiger partial charge in [-0.15, -0.1) is 0 Å². The van der Waals surface area contributed by atoms with Crippen molar-refractivity contribution in [2.24, 2.45) is 0 Å². The number of hydrogen-bond acceptors (Lipinski definition) is 2. The maximum absolute atomic E-state index is 13.5. The highest BCUT2D eigenvalue weighted by Gasteiger charge is 2.18. The molecule has 0 aliphatic carbocycles. The molecule has 0 fully saturated rings. The van der Waals surface area contributed by atoms with Crippen LogP contribution in [-0.4, -0.2) is 16.1 Å². The van der Waals surface area contributed by atoms with Crippen molar-refractivity contribution < 1.29 is 18.7 Å². The average molecular weight is 237 g/mol. The second-order valence-electron chi connectivity index (χ2n) is 3.79. The molecular weight excluding hydrogens is 228 g/mol. The van der Waals surface area contributed by atoms with Gasteiger partial charge in [0.05, 0.1) is 5.56 Å². The summed E-state index contributed by atoms with van der Waals surface area (Å²) in [4.78, 5) is 15.1. The van der Waals surface area contributed by atoms with Crippen LogP contribution in [0.3, 0.4) is 0 Å². The van der Waals surface area contributed by atoms with Crippen LogP contribution >= 0.6 is 0 Å². The van der Waals surface area contributed by atoms with Crippen molar-refractivity contribution in [3.05, 3.63) is 40.6 Å². The van der Waals surface area contributed by atoms with E-state index in [1.807, 2.05) is 0 Å². The van der Waals surface area contributed by atoms with E-state index in [0.717, 1.165) is 6.07 Å². The fourth-order valence-corrected chi connectivity index (χ4v) is 1.78. The lowest BCUT2D eigenvalue weighted by Crippen LogP contribution is -2.06. The van der Waals surface area contributed by atoms with E-state index < -0.39 is 17.6 Å². The summed E-state index contributed by atoms with van der Waals surface area (Å²) >= 11 is 0. The van der Waals surface area contributed by atoms with Crippen molar-refractivity contribution in [3.63, 3.8) is 0 Å². The number of fused-ring (bicyclic) bond motifs is 1. The zero-order valence-electron chi connectivity index (χ0n) is 9.21. The first-order valence-electron chi connectivity index (χ1n) is 4.91. The van der Waals surface area contributed by atoms with Gasteiger partial charge in [0.1, 0.15) is 11.3 Å². The normalized spacial score (nSPS) is 10.8. The van der Waals surface area contributed by atoms with Crippen LogP contribution in [-0.2, 0) is 0 Å². The fraction of sp³-hybridized carbons (Fsp3) is 0.167. The highest BCUT2D eigenvalue weighted by molar-refractivity contribution is 6.04. The van der Waals surface area contributed by atoms with Gasteiger partial charge in [0.15, 0.2) is 5.82 Å². The van der Waals surface area contributed by atoms with Crippen LogP contribution in [0.15, 0.2) is 12.1 Å². The lowest BCUT2D eigenvalue weighted by atomic mass is 10.0. The summed E-state index contributed by atoms with van der Waals surface area (Å²) in [5.41, 5.74) is 0.605. The molecule has 0 radical (unpaired) electrons. The van der Waals surface area contributed by atoms with Gasteiger partial charge >= 0.3 is 5.97 Å². The second kappa shape index (κ2) is 3.76. The van der Waals surface area contributed by atoms with Crippen molar-refractivity contribution in [2.45, 2.75) is 13.8 Å². The second-order valence-corrected chi connectivity index (χ2v) is 3.79. The number of aromatic carboxylic acids is 1. The maximum atomic E-state index is 13.5. The highest BCUT2D eigenvalue weighted by Crippen LogP contribution is 2.25. The van der Waals surface area contributed by atoms with Gasteiger partial charge in [0, 0.05) is 17.1 Å². The molecule has 1 N–H and O–H groups in total. The van der Waals surface area contributed by atoms with Crippen LogP contribution in [0, 0.1) is 25.5 Å². The summed E-state index contributed by atoms with van der Waals surface area (Å²) in [5, 5.41) is 9.08. The van der Waals surface area contributed by atoms with E-state index in [4.69, 9.17) is 5.11 Å². The molecule has 0 atom stereocenters. The Balaban J connectivity index is 3.03. The van der Waals surface area contributed by atoms with Crippen molar-refractivity contribution in [2.75, 3.05) is 0 Å². The molecule has 88 valence electrons. The molecule has 0 spiro atoms. The lowest BCUT2D eigenvalue weighted by molar-refractivity contribution is 0.0698. The summed E-state index contributed by atoms with van der Waals surface area (Å²) in [5.74, 6) is -2.89. The third kappa shape index (κ3) is 1.73. The Labute approximate surface area is 95.7 Å². The van der Waals surface area contributed by atoms with Gasteiger partial charge in [-0.2, -0.15) is 0 Å². The zero-order chi connectivity index (χ0) is 12.7. The number of pyridine rings is 1. The Morgan fingerprint density at radius 1 is 1.29 bits per heavy atom. The summed E-state index contributed by atoms with van der Waals surface area (Å²) < 4.78 is 26.6. The van der Waals surface area contributed by atoms with E-state index in [9.17, 15) is 13.6 Å². The zero-order valence-corrected chi connectivity index (χ0v) is 9.21. The summed E-state index contributed by atoms with van der Waals surface area (Å²) in [7, 11) is 0. The lowest BCUT2D eigenvalue weighted by Gasteiger charge is -2.09. The van der Waals surface area contributed by atoms with Gasteiger partial charge in [-0.25, -0.2) is 18.6 Å². The van der Waals surface area contributed by atoms with Crippen LogP contribution in [0.1, 0.15) is 21.6 Å². The molecule has 0 aliphatic rings. The SMILES string of the molecule is Cc1nc2c(F)cc(F)cc2c(C(=O)O)c1C. The minimum atomic E-state index is -1.22. The molecule has 1 aromatic carbocycles. The Kier molecular flexibility index (Phi) is 2.53. The molecule has 2 aromatic rings. The number of halogens is 2. The Morgan fingerprint density at radius 3 is 2.53 bits per heavy atom. The molecule has 0 amide bonds. The van der Waals surface area contributed by atoms with Crippen molar-refractivity contribution >= 4 is 16.9 Å². The van der Waals surface area contributed by atoms with Crippen molar-refractivity contribution in [1.29, 1.82) is 0 Å². The van der Waals surface area contributed by atoms with E-state index in [2.05, 4.69) is 4.98 Å². The largest absolute Gasteiger partial charge is 0.478 e. The van der Waals surface area contributed by atoms with Crippen LogP contribution in [0.25, 0.3) is 10.9 Å². The predicted octanol–water partition coefficient (Wildman–Crippen LogP) is 2.83. The number of aryl methyl sites for hydroxylation is 1. The molecule has 1 aromatic heterocycles. The Morgan fingerprint density at radius 2 is 1.94 bits per heavy atom. The van der Waals surface area contributed by atoms with Gasteiger partial charge in [-0.1, -0.05) is 0 Å². The van der Waals surface area contributed by atoms with Gasteiger partial charge < -0.3 is 5.11 Å². The van der Waals surface area contributed by atoms with E-state index in [0.29, 0.717) is 17.3 Å². The predicted molar refractivity (Wildman–Crippen MR) is 58.1 cm³/mol. The molecule has 0 saturated heterocycles. The molecule has 3 nitrogen and oxygen atoms in total. The summed E-state index contributed by atoms with van der Waals surface area (Å²) in [6, 6.07) is 1.68. The smallest absolute Gasteiger partial charge is 0.336 e. The molecule has 0 unspecified atom stereocenters. The van der Waals surface area contributed by atoms with Crippen LogP contribution in [0.2, 0.25) is 0 Å². The third-order valence-electron chi connectivity index (χ3n) is 2.71. The van der Waals surface area contributed by atoms with Gasteiger partial charge in [-0.3, -0.25) is 0 Å². The maximum Gasteiger partial charge on any atom is 0.336 e. The van der Waals surface area contributed by atoms with Gasteiger partial charge in [0.2, 0.25) is 0 Å². The number of rotatable bonds is 1. The monoisotopic (exact) mass is 237 g/mol. The van der Waals surface area contributed by atoms with Crippen molar-refractivity contribution in [1.82, 2.24) is 4.98 Å². The van der Waals surface area contributed by atoms with E-state index >= 15 is 0 Å². The van der Waals surface area contributed by atoms with E-state index in [-0.39, 0.29) is 16.5 Å².